The first-order chi connectivity index (χ1) is 20.4. The number of ketones is 2. The molecule has 1 aliphatic rings. The van der Waals surface area contributed by atoms with Gasteiger partial charge < -0.3 is 35.7 Å². The van der Waals surface area contributed by atoms with Crippen LogP contribution in [0.5, 0.6) is 17.2 Å². The van der Waals surface area contributed by atoms with E-state index in [-0.39, 0.29) is 46.2 Å². The highest BCUT2D eigenvalue weighted by Gasteiger charge is 2.51. The first kappa shape index (κ1) is 35.0. The molecular formula is C35H46O9. The van der Waals surface area contributed by atoms with Crippen LogP contribution in [0.2, 0.25) is 0 Å². The van der Waals surface area contributed by atoms with Gasteiger partial charge in [-0.1, -0.05) is 29.4 Å². The van der Waals surface area contributed by atoms with Gasteiger partial charge in [-0.15, -0.1) is 0 Å². The van der Waals surface area contributed by atoms with E-state index in [0.717, 1.165) is 23.1 Å². The zero-order valence-electron chi connectivity index (χ0n) is 26.5. The van der Waals surface area contributed by atoms with E-state index in [2.05, 4.69) is 6.08 Å². The van der Waals surface area contributed by atoms with Crippen molar-refractivity contribution in [3.8, 4) is 17.2 Å². The third-order valence-corrected chi connectivity index (χ3v) is 8.65. The molecule has 0 radical (unpaired) electrons. The summed E-state index contributed by atoms with van der Waals surface area (Å²) in [5.41, 5.74) is -1.06. The van der Waals surface area contributed by atoms with Gasteiger partial charge in [0.1, 0.15) is 17.2 Å². The first-order valence-electron chi connectivity index (χ1n) is 15.0. The number of benzene rings is 2. The van der Waals surface area contributed by atoms with E-state index in [0.29, 0.717) is 37.7 Å². The number of carbonyl (C=O) groups excluding carboxylic acids is 2. The van der Waals surface area contributed by atoms with Gasteiger partial charge in [-0.05, 0) is 97.3 Å². The zero-order chi connectivity index (χ0) is 33.1. The van der Waals surface area contributed by atoms with Gasteiger partial charge in [0.25, 0.3) is 0 Å². The Morgan fingerprint density at radius 3 is 2.05 bits per heavy atom. The molecule has 0 heterocycles. The summed E-state index contributed by atoms with van der Waals surface area (Å²) in [6.45, 7) is 9.86. The Hall–Kier alpha value is -3.50. The van der Waals surface area contributed by atoms with Gasteiger partial charge >= 0.3 is 0 Å². The molecule has 0 bridgehead atoms. The molecule has 0 amide bonds. The SMILES string of the molecule is C/C(=C\CC/C(C)=C/CC1(O)C(=O)c2c(O)cc(C)c3c(O)c(C)c(O)c(c23)C1=O)CC/C=C(\CO)CCC(O)C(C)(C)O. The predicted octanol–water partition coefficient (Wildman–Crippen LogP) is 5.36. The molecule has 2 unspecified atom stereocenters. The van der Waals surface area contributed by atoms with Crippen LogP contribution in [-0.2, 0) is 0 Å². The third-order valence-electron chi connectivity index (χ3n) is 8.65. The van der Waals surface area contributed by atoms with E-state index in [9.17, 15) is 45.3 Å². The van der Waals surface area contributed by atoms with Gasteiger partial charge in [-0.3, -0.25) is 9.59 Å². The summed E-state index contributed by atoms with van der Waals surface area (Å²) in [5.74, 6) is -3.23. The number of hydrogen-bond donors (Lipinski definition) is 7. The summed E-state index contributed by atoms with van der Waals surface area (Å²) in [6, 6.07) is 1.30. The van der Waals surface area contributed by atoms with Crippen LogP contribution in [0.1, 0.15) is 104 Å². The lowest BCUT2D eigenvalue weighted by atomic mass is 9.73. The van der Waals surface area contributed by atoms with Crippen molar-refractivity contribution in [2.75, 3.05) is 6.61 Å². The molecule has 9 heteroatoms. The fraction of sp³-hybridized carbons (Fsp3) is 0.486. The zero-order valence-corrected chi connectivity index (χ0v) is 26.5. The topological polar surface area (TPSA) is 176 Å². The summed E-state index contributed by atoms with van der Waals surface area (Å²) in [7, 11) is 0. The Morgan fingerprint density at radius 1 is 0.886 bits per heavy atom. The maximum atomic E-state index is 13.6. The summed E-state index contributed by atoms with van der Waals surface area (Å²) in [6.07, 6.45) is 8.07. The molecule has 0 aliphatic heterocycles. The van der Waals surface area contributed by atoms with E-state index in [1.165, 1.54) is 13.0 Å². The van der Waals surface area contributed by atoms with Gasteiger partial charge in [0.15, 0.2) is 5.60 Å². The average Bonchev–Trinajstić information content (AvgIpc) is 2.94. The maximum Gasteiger partial charge on any atom is 0.207 e. The minimum Gasteiger partial charge on any atom is -0.507 e. The second kappa shape index (κ2) is 13.6. The average molecular weight is 611 g/mol. The van der Waals surface area contributed by atoms with Crippen LogP contribution in [0.15, 0.2) is 41.0 Å². The molecular weight excluding hydrogens is 564 g/mol. The molecule has 2 aromatic carbocycles. The number of aromatic hydroxyl groups is 3. The largest absolute Gasteiger partial charge is 0.507 e. The van der Waals surface area contributed by atoms with Crippen molar-refractivity contribution >= 4 is 22.3 Å². The van der Waals surface area contributed by atoms with E-state index in [1.54, 1.807) is 26.8 Å². The Labute approximate surface area is 258 Å². The molecule has 0 saturated carbocycles. The second-order valence-electron chi connectivity index (χ2n) is 12.7. The van der Waals surface area contributed by atoms with Crippen molar-refractivity contribution in [3.05, 3.63) is 63.3 Å². The van der Waals surface area contributed by atoms with Crippen molar-refractivity contribution in [1.29, 1.82) is 0 Å². The number of carbonyl (C=O) groups is 2. The minimum atomic E-state index is -2.53. The van der Waals surface area contributed by atoms with Crippen molar-refractivity contribution < 1.29 is 45.3 Å². The number of phenolic OH excluding ortho intramolecular Hbond substituents is 3. The molecule has 0 aromatic heterocycles. The van der Waals surface area contributed by atoms with E-state index < -0.39 is 40.4 Å². The van der Waals surface area contributed by atoms with Crippen molar-refractivity contribution in [2.45, 2.75) is 104 Å². The summed E-state index contributed by atoms with van der Waals surface area (Å²) in [4.78, 5) is 27.1. The fourth-order valence-corrected chi connectivity index (χ4v) is 5.61. The predicted molar refractivity (Wildman–Crippen MR) is 169 cm³/mol. The number of allylic oxidation sites excluding steroid dienone is 4. The van der Waals surface area contributed by atoms with Gasteiger partial charge in [0.2, 0.25) is 11.6 Å². The Kier molecular flexibility index (Phi) is 10.9. The molecule has 0 saturated heterocycles. The quantitative estimate of drug-likeness (QED) is 0.116. The van der Waals surface area contributed by atoms with E-state index in [1.807, 2.05) is 19.9 Å². The lowest BCUT2D eigenvalue weighted by Gasteiger charge is -2.32. The monoisotopic (exact) mass is 610 g/mol. The Bertz CT molecular complexity index is 1540. The molecule has 0 fully saturated rings. The molecule has 0 spiro atoms. The molecule has 2 aromatic rings. The standard InChI is InChI=1S/C35H46O9/c1-19(11-8-12-23(18-36)13-14-25(38)34(5,6)43)9-7-10-20(2)15-16-35(44)32(41)27-24(37)17-21(3)26-28(27)29(33(35)42)31(40)22(4)30(26)39/h9,12,15,17,25,36-40,43-44H,7-8,10-11,13-14,16,18H2,1-6H3/b19-9+,20-15+,23-12-. The number of Topliss-reactive ketones (excluding diaryl/α,β-unsaturated/α-hetero) is 2. The highest BCUT2D eigenvalue weighted by molar-refractivity contribution is 6.36. The van der Waals surface area contributed by atoms with Gasteiger partial charge in [-0.2, -0.15) is 0 Å². The molecule has 2 atom stereocenters. The number of aliphatic hydroxyl groups is 4. The van der Waals surface area contributed by atoms with Crippen molar-refractivity contribution in [1.82, 2.24) is 0 Å². The van der Waals surface area contributed by atoms with Crippen molar-refractivity contribution in [2.24, 2.45) is 0 Å². The van der Waals surface area contributed by atoms with Crippen LogP contribution >= 0.6 is 0 Å². The molecule has 240 valence electrons. The van der Waals surface area contributed by atoms with Crippen LogP contribution in [0.4, 0.5) is 0 Å². The second-order valence-corrected chi connectivity index (χ2v) is 12.7. The van der Waals surface area contributed by atoms with Gasteiger partial charge in [-0.25, -0.2) is 0 Å². The summed E-state index contributed by atoms with van der Waals surface area (Å²) >= 11 is 0. The van der Waals surface area contributed by atoms with E-state index in [4.69, 9.17) is 0 Å². The van der Waals surface area contributed by atoms with Crippen LogP contribution in [0.25, 0.3) is 10.8 Å². The highest BCUT2D eigenvalue weighted by atomic mass is 16.3. The molecule has 9 nitrogen and oxygen atoms in total. The molecule has 44 heavy (non-hydrogen) atoms. The Morgan fingerprint density at radius 2 is 1.45 bits per heavy atom. The third kappa shape index (κ3) is 7.07. The lowest BCUT2D eigenvalue weighted by molar-refractivity contribution is -0.0511. The van der Waals surface area contributed by atoms with Crippen LogP contribution in [0, 0.1) is 13.8 Å². The highest BCUT2D eigenvalue weighted by Crippen LogP contribution is 2.49. The number of hydrogen-bond acceptors (Lipinski definition) is 9. The number of aliphatic hydroxyl groups excluding tert-OH is 2. The minimum absolute atomic E-state index is 0.0405. The molecule has 1 aliphatic carbocycles. The summed E-state index contributed by atoms with van der Waals surface area (Å²) < 4.78 is 0. The maximum absolute atomic E-state index is 13.6. The van der Waals surface area contributed by atoms with Gasteiger partial charge in [0.05, 0.1) is 29.4 Å². The fourth-order valence-electron chi connectivity index (χ4n) is 5.61. The van der Waals surface area contributed by atoms with Crippen molar-refractivity contribution in [3.63, 3.8) is 0 Å². The smallest absolute Gasteiger partial charge is 0.207 e. The van der Waals surface area contributed by atoms with E-state index >= 15 is 0 Å². The number of phenols is 3. The van der Waals surface area contributed by atoms with Crippen LogP contribution < -0.4 is 0 Å². The molecule has 3 rings (SSSR count). The number of aryl methyl sites for hydroxylation is 1. The number of rotatable bonds is 13. The van der Waals surface area contributed by atoms with Crippen LogP contribution in [-0.4, -0.2) is 71.2 Å². The first-order valence-corrected chi connectivity index (χ1v) is 15.0. The molecule has 7 N–H and O–H groups in total. The van der Waals surface area contributed by atoms with Gasteiger partial charge in [0, 0.05) is 22.8 Å². The summed E-state index contributed by atoms with van der Waals surface area (Å²) in [5, 5.41) is 73.2. The Balaban J connectivity index is 1.68. The lowest BCUT2D eigenvalue weighted by Crippen LogP contribution is -2.49. The van der Waals surface area contributed by atoms with Crippen LogP contribution in [0.3, 0.4) is 0 Å². The normalized spacial score (nSPS) is 18.8.